The van der Waals surface area contributed by atoms with Gasteiger partial charge in [0.25, 0.3) is 0 Å². The topological polar surface area (TPSA) is 0 Å². The Hall–Kier alpha value is -6.02. The molecule has 11 aromatic rings. The highest BCUT2D eigenvalue weighted by molar-refractivity contribution is 7.26. The zero-order chi connectivity index (χ0) is 32.1. The quantitative estimate of drug-likeness (QED) is 0.166. The Balaban J connectivity index is 1.02. The van der Waals surface area contributed by atoms with Crippen LogP contribution in [0, 0.1) is 0 Å². The van der Waals surface area contributed by atoms with Gasteiger partial charge in [0, 0.05) is 25.6 Å². The molecule has 0 amide bonds. The Morgan fingerprint density at radius 3 is 1.49 bits per heavy atom. The van der Waals surface area contributed by atoms with Gasteiger partial charge >= 0.3 is 0 Å². The number of benzene rings is 10. The maximum absolute atomic E-state index is 2.40. The van der Waals surface area contributed by atoms with E-state index in [0.29, 0.717) is 0 Å². The van der Waals surface area contributed by atoms with Crippen LogP contribution >= 0.6 is 11.3 Å². The summed E-state index contributed by atoms with van der Waals surface area (Å²) in [6.45, 7) is 0. The fraction of sp³-hybridized carbons (Fsp3) is 0. The molecule has 0 radical (unpaired) electrons. The molecule has 0 bridgehead atoms. The molecule has 0 saturated carbocycles. The molecule has 0 aliphatic heterocycles. The van der Waals surface area contributed by atoms with Gasteiger partial charge in [-0.1, -0.05) is 140 Å². The van der Waals surface area contributed by atoms with Crippen LogP contribution in [0.2, 0.25) is 0 Å². The van der Waals surface area contributed by atoms with Crippen molar-refractivity contribution in [1.82, 2.24) is 0 Å². The molecule has 0 aliphatic rings. The lowest BCUT2D eigenvalue weighted by Gasteiger charge is -2.11. The van der Waals surface area contributed by atoms with E-state index in [9.17, 15) is 0 Å². The predicted molar refractivity (Wildman–Crippen MR) is 215 cm³/mol. The van der Waals surface area contributed by atoms with Crippen LogP contribution in [0.1, 0.15) is 0 Å². The highest BCUT2D eigenvalue weighted by Gasteiger charge is 2.13. The van der Waals surface area contributed by atoms with Crippen molar-refractivity contribution in [3.63, 3.8) is 0 Å². The normalized spacial score (nSPS) is 12.1. The first-order valence-electron chi connectivity index (χ1n) is 16.9. The highest BCUT2D eigenvalue weighted by Crippen LogP contribution is 2.42. The Kier molecular flexibility index (Phi) is 5.64. The van der Waals surface area contributed by atoms with Crippen molar-refractivity contribution >= 4 is 96.1 Å². The summed E-state index contributed by atoms with van der Waals surface area (Å²) in [5.74, 6) is 0. The van der Waals surface area contributed by atoms with E-state index in [0.717, 1.165) is 0 Å². The Bertz CT molecular complexity index is 3160. The van der Waals surface area contributed by atoms with Crippen LogP contribution in [0.5, 0.6) is 0 Å². The average molecular weight is 637 g/mol. The summed E-state index contributed by atoms with van der Waals surface area (Å²) in [5, 5.41) is 18.2. The summed E-state index contributed by atoms with van der Waals surface area (Å²) < 4.78 is 2.72. The minimum Gasteiger partial charge on any atom is -0.135 e. The Morgan fingerprint density at radius 2 is 0.735 bits per heavy atom. The van der Waals surface area contributed by atoms with Crippen molar-refractivity contribution in [2.24, 2.45) is 0 Å². The molecule has 0 unspecified atom stereocenters. The van der Waals surface area contributed by atoms with E-state index in [1.165, 1.54) is 107 Å². The van der Waals surface area contributed by atoms with E-state index >= 15 is 0 Å². The van der Waals surface area contributed by atoms with E-state index in [1.807, 2.05) is 11.3 Å². The SMILES string of the molecule is c1ccc2c(c1)ccc1c3cc(-c4ccc5cc(-c6ccc7ccc8ccc9c%10ccccc%10sc9c8c7c6)ccc5c4)ccc3ccc21. The van der Waals surface area contributed by atoms with Crippen LogP contribution in [0.3, 0.4) is 0 Å². The van der Waals surface area contributed by atoms with Crippen molar-refractivity contribution in [1.29, 1.82) is 0 Å². The summed E-state index contributed by atoms with van der Waals surface area (Å²) >= 11 is 1.91. The molecule has 226 valence electrons. The van der Waals surface area contributed by atoms with E-state index in [-0.39, 0.29) is 0 Å². The predicted octanol–water partition coefficient (Wildman–Crippen LogP) is 14.3. The van der Waals surface area contributed by atoms with Gasteiger partial charge < -0.3 is 0 Å². The Morgan fingerprint density at radius 1 is 0.265 bits per heavy atom. The average Bonchev–Trinajstić information content (AvgIpc) is 3.55. The third-order valence-electron chi connectivity index (χ3n) is 10.6. The van der Waals surface area contributed by atoms with Crippen LogP contribution < -0.4 is 0 Å². The summed E-state index contributed by atoms with van der Waals surface area (Å²) in [4.78, 5) is 0. The van der Waals surface area contributed by atoms with Crippen LogP contribution in [0.25, 0.3) is 107 Å². The third kappa shape index (κ3) is 4.10. The van der Waals surface area contributed by atoms with Crippen LogP contribution in [-0.2, 0) is 0 Å². The number of hydrogen-bond acceptors (Lipinski definition) is 1. The molecule has 1 aromatic heterocycles. The highest BCUT2D eigenvalue weighted by atomic mass is 32.1. The number of thiophene rings is 1. The first-order chi connectivity index (χ1) is 24.2. The molecule has 1 heterocycles. The molecule has 0 aliphatic carbocycles. The minimum absolute atomic E-state index is 1.24. The molecule has 0 atom stereocenters. The molecule has 0 spiro atoms. The van der Waals surface area contributed by atoms with Gasteiger partial charge in [0.2, 0.25) is 0 Å². The summed E-state index contributed by atoms with van der Waals surface area (Å²) in [5.41, 5.74) is 4.97. The fourth-order valence-corrected chi connectivity index (χ4v) is 9.37. The van der Waals surface area contributed by atoms with Crippen molar-refractivity contribution in [2.45, 2.75) is 0 Å². The lowest BCUT2D eigenvalue weighted by atomic mass is 9.93. The molecule has 11 rings (SSSR count). The maximum Gasteiger partial charge on any atom is 0.0440 e. The first-order valence-corrected chi connectivity index (χ1v) is 17.7. The molecule has 1 heteroatoms. The summed E-state index contributed by atoms with van der Waals surface area (Å²) in [7, 11) is 0. The van der Waals surface area contributed by atoms with Gasteiger partial charge in [0.1, 0.15) is 0 Å². The molecule has 0 fully saturated rings. The number of rotatable bonds is 2. The second-order valence-corrected chi connectivity index (χ2v) is 14.4. The molecule has 0 N–H and O–H groups in total. The van der Waals surface area contributed by atoms with E-state index in [4.69, 9.17) is 0 Å². The smallest absolute Gasteiger partial charge is 0.0440 e. The standard InChI is InChI=1S/C48H28S/c1-2-6-39-29(5-1)19-23-41-40(39)22-20-30-10-13-37(27-44(30)41)35-17-15-34-26-36(18-16-33(34)25-35)38-14-11-31-9-12-32-21-24-43-42-7-3-4-8-46(42)49-48(43)47(32)45(31)28-38/h1-28H. The number of hydrogen-bond donors (Lipinski definition) is 0. The minimum atomic E-state index is 1.24. The Labute approximate surface area is 287 Å². The van der Waals surface area contributed by atoms with Gasteiger partial charge in [-0.15, -0.1) is 11.3 Å². The van der Waals surface area contributed by atoms with Crippen molar-refractivity contribution in [3.8, 4) is 22.3 Å². The van der Waals surface area contributed by atoms with Crippen molar-refractivity contribution < 1.29 is 0 Å². The molecular formula is C48H28S. The largest absolute Gasteiger partial charge is 0.135 e. The third-order valence-corrected chi connectivity index (χ3v) is 11.8. The number of fused-ring (bicyclic) bond motifs is 13. The van der Waals surface area contributed by atoms with Gasteiger partial charge in [-0.05, 0) is 112 Å². The maximum atomic E-state index is 2.40. The zero-order valence-electron chi connectivity index (χ0n) is 26.6. The first kappa shape index (κ1) is 27.0. The zero-order valence-corrected chi connectivity index (χ0v) is 27.4. The van der Waals surface area contributed by atoms with Crippen molar-refractivity contribution in [3.05, 3.63) is 170 Å². The van der Waals surface area contributed by atoms with Crippen LogP contribution in [0.15, 0.2) is 170 Å². The second-order valence-electron chi connectivity index (χ2n) is 13.3. The monoisotopic (exact) mass is 636 g/mol. The van der Waals surface area contributed by atoms with Gasteiger partial charge in [-0.25, -0.2) is 0 Å². The van der Waals surface area contributed by atoms with Crippen molar-refractivity contribution in [2.75, 3.05) is 0 Å². The molecule has 10 aromatic carbocycles. The fourth-order valence-electron chi connectivity index (χ4n) is 8.10. The molecule has 0 saturated heterocycles. The van der Waals surface area contributed by atoms with E-state index in [2.05, 4.69) is 170 Å². The lowest BCUT2D eigenvalue weighted by molar-refractivity contribution is 1.66. The molecular weight excluding hydrogens is 609 g/mol. The van der Waals surface area contributed by atoms with Gasteiger partial charge in [-0.2, -0.15) is 0 Å². The second kappa shape index (κ2) is 10.2. The lowest BCUT2D eigenvalue weighted by Crippen LogP contribution is -1.85. The summed E-state index contributed by atoms with van der Waals surface area (Å²) in [6.07, 6.45) is 0. The van der Waals surface area contributed by atoms with Gasteiger partial charge in [0.15, 0.2) is 0 Å². The van der Waals surface area contributed by atoms with E-state index < -0.39 is 0 Å². The van der Waals surface area contributed by atoms with Gasteiger partial charge in [-0.3, -0.25) is 0 Å². The van der Waals surface area contributed by atoms with Gasteiger partial charge in [0.05, 0.1) is 0 Å². The molecule has 49 heavy (non-hydrogen) atoms. The molecule has 0 nitrogen and oxygen atoms in total. The van der Waals surface area contributed by atoms with E-state index in [1.54, 1.807) is 0 Å². The van der Waals surface area contributed by atoms with Crippen LogP contribution in [0.4, 0.5) is 0 Å². The van der Waals surface area contributed by atoms with Crippen LogP contribution in [-0.4, -0.2) is 0 Å². The summed E-state index contributed by atoms with van der Waals surface area (Å²) in [6, 6.07) is 63.3.